The Hall–Kier alpha value is -0.980. The van der Waals surface area contributed by atoms with Crippen molar-refractivity contribution in [2.45, 2.75) is 57.8 Å². The van der Waals surface area contributed by atoms with Crippen LogP contribution in [0.15, 0.2) is 24.3 Å². The van der Waals surface area contributed by atoms with Gasteiger partial charge in [0.2, 0.25) is 0 Å². The molecule has 0 saturated carbocycles. The summed E-state index contributed by atoms with van der Waals surface area (Å²) < 4.78 is 5.60. The number of hydrogen-bond acceptors (Lipinski definition) is 1. The summed E-state index contributed by atoms with van der Waals surface area (Å²) in [6, 6.07) is 10.9. The standard InChI is InChI=1S/C17H26O/c1-2-3-4-5-6-7-8-9-13-16-18-17-14-11-10-12-15-17/h10-12,14H,1-9,13,16H2. The smallest absolute Gasteiger partial charge is 0.127 e. The molecule has 0 N–H and O–H groups in total. The summed E-state index contributed by atoms with van der Waals surface area (Å²) in [7, 11) is 0. The van der Waals surface area contributed by atoms with Crippen molar-refractivity contribution in [1.82, 2.24) is 0 Å². The van der Waals surface area contributed by atoms with Crippen molar-refractivity contribution < 1.29 is 4.74 Å². The summed E-state index contributed by atoms with van der Waals surface area (Å²) >= 11 is 0. The van der Waals surface area contributed by atoms with Crippen molar-refractivity contribution in [3.05, 3.63) is 37.3 Å². The Kier molecular flexibility index (Phi) is 9.32. The van der Waals surface area contributed by atoms with E-state index in [1.165, 1.54) is 44.9 Å². The monoisotopic (exact) mass is 246 g/mol. The van der Waals surface area contributed by atoms with E-state index in [9.17, 15) is 0 Å². The predicted octanol–water partition coefficient (Wildman–Crippen LogP) is 5.21. The lowest BCUT2D eigenvalue weighted by molar-refractivity contribution is 0.303. The Morgan fingerprint density at radius 3 is 2.17 bits per heavy atom. The third-order valence-corrected chi connectivity index (χ3v) is 3.08. The highest BCUT2D eigenvalue weighted by atomic mass is 16.5. The average Bonchev–Trinajstić information content (AvgIpc) is 2.42. The quantitative estimate of drug-likeness (QED) is 0.487. The van der Waals surface area contributed by atoms with E-state index in [4.69, 9.17) is 4.74 Å². The summed E-state index contributed by atoms with van der Waals surface area (Å²) in [6.45, 7) is 4.68. The van der Waals surface area contributed by atoms with E-state index in [1.807, 2.05) is 24.3 Å². The molecule has 1 heteroatoms. The number of unbranched alkanes of at least 4 members (excludes halogenated alkanes) is 8. The number of ether oxygens (including phenoxy) is 1. The van der Waals surface area contributed by atoms with Crippen LogP contribution in [-0.4, -0.2) is 6.61 Å². The zero-order chi connectivity index (χ0) is 12.9. The van der Waals surface area contributed by atoms with Gasteiger partial charge in [0.25, 0.3) is 0 Å². The number of benzene rings is 1. The minimum Gasteiger partial charge on any atom is -0.493 e. The molecule has 0 fully saturated rings. The zero-order valence-electron chi connectivity index (χ0n) is 11.5. The number of rotatable bonds is 11. The Labute approximate surface area is 113 Å². The molecule has 0 bridgehead atoms. The fourth-order valence-corrected chi connectivity index (χ4v) is 1.99. The second kappa shape index (κ2) is 11.1. The van der Waals surface area contributed by atoms with E-state index in [1.54, 1.807) is 0 Å². The maximum Gasteiger partial charge on any atom is 0.127 e. The minimum absolute atomic E-state index is 0.821. The predicted molar refractivity (Wildman–Crippen MR) is 77.7 cm³/mol. The molecule has 0 aliphatic heterocycles. The summed E-state index contributed by atoms with van der Waals surface area (Å²) in [6.07, 6.45) is 11.6. The van der Waals surface area contributed by atoms with Gasteiger partial charge in [-0.15, -0.1) is 0 Å². The van der Waals surface area contributed by atoms with Crippen LogP contribution in [0.25, 0.3) is 0 Å². The Morgan fingerprint density at radius 2 is 1.56 bits per heavy atom. The van der Waals surface area contributed by atoms with Crippen LogP contribution in [0, 0.1) is 13.0 Å². The first-order valence-corrected chi connectivity index (χ1v) is 7.32. The van der Waals surface area contributed by atoms with Crippen molar-refractivity contribution in [1.29, 1.82) is 0 Å². The first-order valence-electron chi connectivity index (χ1n) is 7.32. The van der Waals surface area contributed by atoms with Crippen LogP contribution in [0.5, 0.6) is 5.75 Å². The van der Waals surface area contributed by atoms with Crippen molar-refractivity contribution in [2.75, 3.05) is 6.61 Å². The molecule has 1 nitrogen and oxygen atoms in total. The van der Waals surface area contributed by atoms with Crippen molar-refractivity contribution in [3.8, 4) is 5.75 Å². The number of para-hydroxylation sites is 1. The maximum atomic E-state index is 5.60. The molecule has 0 saturated heterocycles. The van der Waals surface area contributed by atoms with Gasteiger partial charge in [-0.2, -0.15) is 0 Å². The van der Waals surface area contributed by atoms with Gasteiger partial charge in [-0.1, -0.05) is 76.5 Å². The van der Waals surface area contributed by atoms with E-state index >= 15 is 0 Å². The fraction of sp³-hybridized carbons (Fsp3) is 0.588. The summed E-state index contributed by atoms with van der Waals surface area (Å²) in [4.78, 5) is 0. The Morgan fingerprint density at radius 1 is 0.889 bits per heavy atom. The highest BCUT2D eigenvalue weighted by Crippen LogP contribution is 2.11. The van der Waals surface area contributed by atoms with Gasteiger partial charge in [0.15, 0.2) is 0 Å². The second-order valence-corrected chi connectivity index (χ2v) is 4.76. The van der Waals surface area contributed by atoms with Gasteiger partial charge in [0.05, 0.1) is 6.61 Å². The van der Waals surface area contributed by atoms with E-state index in [2.05, 4.69) is 13.0 Å². The van der Waals surface area contributed by atoms with Crippen LogP contribution in [0.4, 0.5) is 0 Å². The SMILES string of the molecule is [CH2]CCCCCCCCCCOc1[c]cccc1. The fourth-order valence-electron chi connectivity index (χ4n) is 1.99. The molecule has 0 spiro atoms. The molecule has 0 aliphatic rings. The van der Waals surface area contributed by atoms with Gasteiger partial charge in [-0.25, -0.2) is 0 Å². The van der Waals surface area contributed by atoms with Crippen LogP contribution in [-0.2, 0) is 0 Å². The first kappa shape index (κ1) is 15.1. The van der Waals surface area contributed by atoms with Crippen molar-refractivity contribution in [3.63, 3.8) is 0 Å². The highest BCUT2D eigenvalue weighted by molar-refractivity contribution is 5.19. The lowest BCUT2D eigenvalue weighted by atomic mass is 10.1. The van der Waals surface area contributed by atoms with Crippen LogP contribution < -0.4 is 4.74 Å². The van der Waals surface area contributed by atoms with E-state index in [0.29, 0.717) is 0 Å². The molecule has 0 heterocycles. The van der Waals surface area contributed by atoms with Crippen molar-refractivity contribution in [2.24, 2.45) is 0 Å². The van der Waals surface area contributed by atoms with Crippen molar-refractivity contribution >= 4 is 0 Å². The van der Waals surface area contributed by atoms with Gasteiger partial charge in [0, 0.05) is 6.07 Å². The van der Waals surface area contributed by atoms with Gasteiger partial charge in [-0.3, -0.25) is 0 Å². The molecule has 0 aliphatic carbocycles. The van der Waals surface area contributed by atoms with Gasteiger partial charge in [0.1, 0.15) is 5.75 Å². The molecule has 1 aromatic carbocycles. The zero-order valence-corrected chi connectivity index (χ0v) is 11.5. The minimum atomic E-state index is 0.821. The van der Waals surface area contributed by atoms with Crippen LogP contribution in [0.1, 0.15) is 57.8 Å². The molecule has 100 valence electrons. The van der Waals surface area contributed by atoms with E-state index < -0.39 is 0 Å². The number of hydrogen-bond donors (Lipinski definition) is 0. The summed E-state index contributed by atoms with van der Waals surface area (Å²) in [5.41, 5.74) is 0. The summed E-state index contributed by atoms with van der Waals surface area (Å²) in [5, 5.41) is 0. The Balaban J connectivity index is 1.82. The average molecular weight is 246 g/mol. The molecule has 0 unspecified atom stereocenters. The third-order valence-electron chi connectivity index (χ3n) is 3.08. The Bertz CT molecular complexity index is 268. The molecule has 1 aromatic rings. The lowest BCUT2D eigenvalue weighted by Gasteiger charge is -2.05. The van der Waals surface area contributed by atoms with E-state index in [0.717, 1.165) is 25.2 Å². The van der Waals surface area contributed by atoms with Gasteiger partial charge >= 0.3 is 0 Å². The molecule has 0 amide bonds. The largest absolute Gasteiger partial charge is 0.493 e. The first-order chi connectivity index (χ1) is 8.93. The normalized spacial score (nSPS) is 10.5. The molecular weight excluding hydrogens is 220 g/mol. The van der Waals surface area contributed by atoms with Crippen LogP contribution in [0.2, 0.25) is 0 Å². The van der Waals surface area contributed by atoms with Crippen LogP contribution >= 0.6 is 0 Å². The molecule has 18 heavy (non-hydrogen) atoms. The molecule has 1 rings (SSSR count). The van der Waals surface area contributed by atoms with Gasteiger partial charge < -0.3 is 4.74 Å². The van der Waals surface area contributed by atoms with E-state index in [-0.39, 0.29) is 0 Å². The summed E-state index contributed by atoms with van der Waals surface area (Å²) in [5.74, 6) is 0.866. The lowest BCUT2D eigenvalue weighted by Crippen LogP contribution is -1.97. The second-order valence-electron chi connectivity index (χ2n) is 4.76. The molecular formula is C17H26O. The topological polar surface area (TPSA) is 9.23 Å². The molecule has 0 aromatic heterocycles. The third kappa shape index (κ3) is 8.16. The maximum absolute atomic E-state index is 5.60. The van der Waals surface area contributed by atoms with Crippen LogP contribution in [0.3, 0.4) is 0 Å². The molecule has 2 radical (unpaired) electrons. The van der Waals surface area contributed by atoms with Gasteiger partial charge in [-0.05, 0) is 12.5 Å². The highest BCUT2D eigenvalue weighted by Gasteiger charge is 1.94. The molecule has 0 atom stereocenters.